The number of hydrogen-bond acceptors (Lipinski definition) is 3. The van der Waals surface area contributed by atoms with Gasteiger partial charge in [-0.1, -0.05) is 24.3 Å². The van der Waals surface area contributed by atoms with Gasteiger partial charge in [-0.15, -0.1) is 0 Å². The van der Waals surface area contributed by atoms with E-state index in [1.54, 1.807) is 14.2 Å². The fraction of sp³-hybridized carbons (Fsp3) is 0.500. The van der Waals surface area contributed by atoms with Gasteiger partial charge in [-0.2, -0.15) is 0 Å². The number of methoxy groups -OCH3 is 2. The lowest BCUT2D eigenvalue weighted by Gasteiger charge is -2.21. The summed E-state index contributed by atoms with van der Waals surface area (Å²) in [6, 6.07) is 7.59. The molecule has 0 saturated heterocycles. The van der Waals surface area contributed by atoms with Gasteiger partial charge in [-0.05, 0) is 24.0 Å². The molecule has 1 unspecified atom stereocenters. The molecule has 1 saturated carbocycles. The van der Waals surface area contributed by atoms with Crippen LogP contribution in [0.1, 0.15) is 30.1 Å². The van der Waals surface area contributed by atoms with Gasteiger partial charge in [0.25, 0.3) is 0 Å². The van der Waals surface area contributed by atoms with E-state index in [1.807, 2.05) is 24.3 Å². The van der Waals surface area contributed by atoms with Crippen molar-refractivity contribution in [3.63, 3.8) is 0 Å². The molecule has 1 aliphatic carbocycles. The first-order valence-corrected chi connectivity index (χ1v) is 6.00. The quantitative estimate of drug-likeness (QED) is 0.840. The molecule has 2 rings (SSSR count). The fourth-order valence-electron chi connectivity index (χ4n) is 2.37. The lowest BCUT2D eigenvalue weighted by atomic mass is 9.89. The smallest absolute Gasteiger partial charge is 0.314 e. The van der Waals surface area contributed by atoms with Crippen LogP contribution in [-0.4, -0.2) is 31.9 Å². The largest absolute Gasteiger partial charge is 0.481 e. The minimum atomic E-state index is -0.748. The molecule has 1 N–H and O–H groups in total. The monoisotopic (exact) mass is 250 g/mol. The standard InChI is InChI=1S/C14H18O4/c1-17-9-12(18-2)10-5-3-4-6-11(10)14(7-8-14)13(15)16/h3-6,12H,7-9H2,1-2H3,(H,15,16). The lowest BCUT2D eigenvalue weighted by Crippen LogP contribution is -2.23. The van der Waals surface area contributed by atoms with Crippen molar-refractivity contribution in [3.8, 4) is 0 Å². The first kappa shape index (κ1) is 13.1. The Bertz CT molecular complexity index is 437. The second kappa shape index (κ2) is 5.08. The van der Waals surface area contributed by atoms with Crippen LogP contribution in [0.15, 0.2) is 24.3 Å². The Kier molecular flexibility index (Phi) is 3.68. The van der Waals surface area contributed by atoms with E-state index in [1.165, 1.54) is 0 Å². The van der Waals surface area contributed by atoms with Gasteiger partial charge < -0.3 is 14.6 Å². The van der Waals surface area contributed by atoms with Crippen LogP contribution in [0.4, 0.5) is 0 Å². The van der Waals surface area contributed by atoms with Gasteiger partial charge in [0, 0.05) is 14.2 Å². The van der Waals surface area contributed by atoms with E-state index in [0.29, 0.717) is 19.4 Å². The topological polar surface area (TPSA) is 55.8 Å². The summed E-state index contributed by atoms with van der Waals surface area (Å²) in [6.45, 7) is 0.420. The highest BCUT2D eigenvalue weighted by Gasteiger charge is 2.53. The summed E-state index contributed by atoms with van der Waals surface area (Å²) in [7, 11) is 3.22. The molecule has 1 aliphatic rings. The minimum Gasteiger partial charge on any atom is -0.481 e. The Morgan fingerprint density at radius 1 is 1.39 bits per heavy atom. The van der Waals surface area contributed by atoms with Gasteiger partial charge in [0.2, 0.25) is 0 Å². The zero-order chi connectivity index (χ0) is 13.2. The number of carboxylic acids is 1. The van der Waals surface area contributed by atoms with E-state index < -0.39 is 11.4 Å². The van der Waals surface area contributed by atoms with E-state index >= 15 is 0 Å². The van der Waals surface area contributed by atoms with Gasteiger partial charge >= 0.3 is 5.97 Å². The number of ether oxygens (including phenoxy) is 2. The molecule has 0 aromatic heterocycles. The summed E-state index contributed by atoms with van der Waals surface area (Å²) >= 11 is 0. The molecule has 1 aromatic rings. The van der Waals surface area contributed by atoms with Crippen LogP contribution in [0.3, 0.4) is 0 Å². The van der Waals surface area contributed by atoms with Crippen molar-refractivity contribution in [1.29, 1.82) is 0 Å². The van der Waals surface area contributed by atoms with Crippen molar-refractivity contribution >= 4 is 5.97 Å². The Balaban J connectivity index is 2.40. The third-order valence-electron chi connectivity index (χ3n) is 3.59. The molecule has 1 aromatic carbocycles. The molecule has 1 atom stereocenters. The molecule has 98 valence electrons. The molecule has 18 heavy (non-hydrogen) atoms. The van der Waals surface area contributed by atoms with Crippen LogP contribution in [0.25, 0.3) is 0 Å². The number of rotatable bonds is 6. The summed E-state index contributed by atoms with van der Waals surface area (Å²) in [6.07, 6.45) is 1.17. The zero-order valence-corrected chi connectivity index (χ0v) is 10.7. The maximum Gasteiger partial charge on any atom is 0.314 e. The second-order valence-corrected chi connectivity index (χ2v) is 4.65. The van der Waals surface area contributed by atoms with Crippen molar-refractivity contribution in [3.05, 3.63) is 35.4 Å². The zero-order valence-electron chi connectivity index (χ0n) is 10.7. The average molecular weight is 250 g/mol. The molecule has 0 aliphatic heterocycles. The predicted octanol–water partition coefficient (Wildman–Crippen LogP) is 2.14. The van der Waals surface area contributed by atoms with E-state index in [4.69, 9.17) is 9.47 Å². The van der Waals surface area contributed by atoms with Crippen LogP contribution in [0.2, 0.25) is 0 Å². The Hall–Kier alpha value is -1.39. The summed E-state index contributed by atoms with van der Waals surface area (Å²) in [5, 5.41) is 9.39. The number of aliphatic carboxylic acids is 1. The van der Waals surface area contributed by atoms with Crippen molar-refractivity contribution in [2.45, 2.75) is 24.4 Å². The van der Waals surface area contributed by atoms with Crippen molar-refractivity contribution in [1.82, 2.24) is 0 Å². The third-order valence-corrected chi connectivity index (χ3v) is 3.59. The average Bonchev–Trinajstić information content (AvgIpc) is 3.17. The minimum absolute atomic E-state index is 0.219. The molecule has 0 bridgehead atoms. The van der Waals surface area contributed by atoms with E-state index in [0.717, 1.165) is 11.1 Å². The van der Waals surface area contributed by atoms with Gasteiger partial charge in [0.05, 0.1) is 12.0 Å². The fourth-order valence-corrected chi connectivity index (χ4v) is 2.37. The Labute approximate surface area is 107 Å². The van der Waals surface area contributed by atoms with Crippen LogP contribution >= 0.6 is 0 Å². The number of hydrogen-bond donors (Lipinski definition) is 1. The van der Waals surface area contributed by atoms with Gasteiger partial charge in [0.1, 0.15) is 6.10 Å². The Morgan fingerprint density at radius 3 is 2.56 bits per heavy atom. The van der Waals surface area contributed by atoms with Crippen LogP contribution in [0, 0.1) is 0 Å². The number of carboxylic acid groups (broad SMARTS) is 1. The van der Waals surface area contributed by atoms with Gasteiger partial charge in [0.15, 0.2) is 0 Å². The Morgan fingerprint density at radius 2 is 2.06 bits per heavy atom. The lowest BCUT2D eigenvalue weighted by molar-refractivity contribution is -0.140. The van der Waals surface area contributed by atoms with Crippen molar-refractivity contribution in [2.24, 2.45) is 0 Å². The summed E-state index contributed by atoms with van der Waals surface area (Å²) in [5.41, 5.74) is 1.07. The maximum absolute atomic E-state index is 11.4. The summed E-state index contributed by atoms with van der Waals surface area (Å²) in [4.78, 5) is 11.4. The molecule has 0 amide bonds. The molecule has 1 fully saturated rings. The van der Waals surface area contributed by atoms with Gasteiger partial charge in [-0.3, -0.25) is 4.79 Å². The molecule has 0 radical (unpaired) electrons. The second-order valence-electron chi connectivity index (χ2n) is 4.65. The van der Waals surface area contributed by atoms with E-state index in [-0.39, 0.29) is 6.10 Å². The highest BCUT2D eigenvalue weighted by atomic mass is 16.5. The summed E-state index contributed by atoms with van der Waals surface area (Å²) < 4.78 is 10.5. The SMILES string of the molecule is COCC(OC)c1ccccc1C1(C(=O)O)CC1. The van der Waals surface area contributed by atoms with Crippen molar-refractivity contribution < 1.29 is 19.4 Å². The molecule has 0 spiro atoms. The van der Waals surface area contributed by atoms with Crippen LogP contribution < -0.4 is 0 Å². The maximum atomic E-state index is 11.4. The molecule has 4 heteroatoms. The first-order valence-electron chi connectivity index (χ1n) is 6.00. The normalized spacial score (nSPS) is 18.3. The molecular formula is C14H18O4. The molecular weight excluding hydrogens is 232 g/mol. The number of benzene rings is 1. The molecule has 0 heterocycles. The van der Waals surface area contributed by atoms with Gasteiger partial charge in [-0.25, -0.2) is 0 Å². The third kappa shape index (κ3) is 2.13. The van der Waals surface area contributed by atoms with Crippen LogP contribution in [0.5, 0.6) is 0 Å². The predicted molar refractivity (Wildman–Crippen MR) is 66.6 cm³/mol. The summed E-state index contributed by atoms with van der Waals surface area (Å²) in [5.74, 6) is -0.748. The first-order chi connectivity index (χ1) is 8.65. The van der Waals surface area contributed by atoms with E-state index in [9.17, 15) is 9.90 Å². The highest BCUT2D eigenvalue weighted by Crippen LogP contribution is 2.50. The number of carbonyl (C=O) groups is 1. The van der Waals surface area contributed by atoms with Crippen molar-refractivity contribution in [2.75, 3.05) is 20.8 Å². The molecule has 4 nitrogen and oxygen atoms in total. The van der Waals surface area contributed by atoms with E-state index in [2.05, 4.69) is 0 Å². The van der Waals surface area contributed by atoms with Crippen LogP contribution in [-0.2, 0) is 19.7 Å². The highest BCUT2D eigenvalue weighted by molar-refractivity contribution is 5.85.